The van der Waals surface area contributed by atoms with Crippen molar-refractivity contribution in [2.75, 3.05) is 0 Å². The maximum Gasteiger partial charge on any atom is 0.242 e. The van der Waals surface area contributed by atoms with Crippen LogP contribution in [-0.4, -0.2) is 8.42 Å². The first-order valence-electron chi connectivity index (χ1n) is 6.52. The molecule has 0 amide bonds. The molecule has 0 radical (unpaired) electrons. The van der Waals surface area contributed by atoms with Crippen LogP contribution in [0.1, 0.15) is 22.9 Å². The molecule has 2 aromatic rings. The number of aryl methyl sites for hydroxylation is 1. The number of rotatable bonds is 6. The second-order valence-corrected chi connectivity index (χ2v) is 8.69. The van der Waals surface area contributed by atoms with Gasteiger partial charge in [0.25, 0.3) is 0 Å². The zero-order valence-electron chi connectivity index (χ0n) is 11.6. The lowest BCUT2D eigenvalue weighted by molar-refractivity contribution is 0.581. The Kier molecular flexibility index (Phi) is 5.56. The van der Waals surface area contributed by atoms with Crippen molar-refractivity contribution in [2.24, 2.45) is 5.73 Å². The number of halogens is 1. The minimum absolute atomic E-state index is 0.252. The van der Waals surface area contributed by atoms with Crippen molar-refractivity contribution in [1.82, 2.24) is 4.72 Å². The highest BCUT2D eigenvalue weighted by Gasteiger charge is 2.20. The van der Waals surface area contributed by atoms with E-state index in [0.717, 1.165) is 22.4 Å². The minimum Gasteiger partial charge on any atom is -0.326 e. The van der Waals surface area contributed by atoms with Crippen molar-refractivity contribution < 1.29 is 8.42 Å². The quantitative estimate of drug-likeness (QED) is 0.798. The van der Waals surface area contributed by atoms with E-state index < -0.39 is 10.0 Å². The second-order valence-electron chi connectivity index (χ2n) is 4.50. The van der Waals surface area contributed by atoms with Gasteiger partial charge in [0.2, 0.25) is 10.0 Å². The number of hydrogen-bond acceptors (Lipinski definition) is 4. The molecule has 21 heavy (non-hydrogen) atoms. The summed E-state index contributed by atoms with van der Waals surface area (Å²) in [5.41, 5.74) is 7.69. The highest BCUT2D eigenvalue weighted by atomic mass is 79.9. The first-order chi connectivity index (χ1) is 9.97. The van der Waals surface area contributed by atoms with Gasteiger partial charge in [0.1, 0.15) is 4.90 Å². The third-order valence-electron chi connectivity index (χ3n) is 3.15. The van der Waals surface area contributed by atoms with E-state index in [2.05, 4.69) is 27.6 Å². The van der Waals surface area contributed by atoms with Crippen molar-refractivity contribution in [1.29, 1.82) is 0 Å². The topological polar surface area (TPSA) is 72.2 Å². The van der Waals surface area contributed by atoms with Crippen LogP contribution in [0.15, 0.2) is 39.0 Å². The molecule has 0 unspecified atom stereocenters. The number of thiophene rings is 1. The molecule has 2 rings (SSSR count). The Bertz CT molecular complexity index is 726. The molecular formula is C14H17BrN2O2S2. The third kappa shape index (κ3) is 3.92. The summed E-state index contributed by atoms with van der Waals surface area (Å²) in [6, 6.07) is 9.43. The van der Waals surface area contributed by atoms with Crippen LogP contribution in [0.2, 0.25) is 0 Å². The Labute approximate surface area is 137 Å². The largest absolute Gasteiger partial charge is 0.326 e. The number of sulfonamides is 1. The molecule has 3 N–H and O–H groups in total. The van der Waals surface area contributed by atoms with E-state index in [9.17, 15) is 8.42 Å². The first kappa shape index (κ1) is 16.6. The molecule has 1 aromatic heterocycles. The van der Waals surface area contributed by atoms with Gasteiger partial charge < -0.3 is 5.73 Å². The van der Waals surface area contributed by atoms with Gasteiger partial charge >= 0.3 is 0 Å². The fourth-order valence-corrected chi connectivity index (χ4v) is 5.57. The molecule has 0 atom stereocenters. The van der Waals surface area contributed by atoms with Gasteiger partial charge in [-0.25, -0.2) is 13.1 Å². The summed E-state index contributed by atoms with van der Waals surface area (Å²) in [5.74, 6) is 0. The maximum absolute atomic E-state index is 12.4. The number of benzene rings is 1. The van der Waals surface area contributed by atoms with E-state index >= 15 is 0 Å². The Morgan fingerprint density at radius 3 is 2.52 bits per heavy atom. The summed E-state index contributed by atoms with van der Waals surface area (Å²) < 4.78 is 28.0. The third-order valence-corrected chi connectivity index (χ3v) is 6.82. The van der Waals surface area contributed by atoms with Gasteiger partial charge in [-0.15, -0.1) is 11.3 Å². The molecule has 0 bridgehead atoms. The highest BCUT2D eigenvalue weighted by Crippen LogP contribution is 2.31. The summed E-state index contributed by atoms with van der Waals surface area (Å²) in [4.78, 5) is 1.08. The molecule has 0 aliphatic rings. The molecule has 4 nitrogen and oxygen atoms in total. The normalized spacial score (nSPS) is 11.8. The Hall–Kier alpha value is -0.730. The Balaban J connectivity index is 2.20. The van der Waals surface area contributed by atoms with E-state index in [1.807, 2.05) is 24.3 Å². The van der Waals surface area contributed by atoms with Gasteiger partial charge in [-0.3, -0.25) is 0 Å². The lowest BCUT2D eigenvalue weighted by Gasteiger charge is -2.09. The van der Waals surface area contributed by atoms with Crippen molar-refractivity contribution in [3.05, 3.63) is 50.1 Å². The molecule has 0 aliphatic carbocycles. The van der Waals surface area contributed by atoms with Crippen LogP contribution in [-0.2, 0) is 29.5 Å². The lowest BCUT2D eigenvalue weighted by Crippen LogP contribution is -2.23. The van der Waals surface area contributed by atoms with Crippen molar-refractivity contribution >= 4 is 37.3 Å². The van der Waals surface area contributed by atoms with E-state index in [1.54, 1.807) is 6.07 Å². The zero-order valence-corrected chi connectivity index (χ0v) is 14.8. The summed E-state index contributed by atoms with van der Waals surface area (Å²) in [6.07, 6.45) is 0.872. The lowest BCUT2D eigenvalue weighted by atomic mass is 10.1. The maximum atomic E-state index is 12.4. The standard InChI is InChI=1S/C14H17BrN2O2S2/c1-2-10-5-3-4-6-11(10)9-17-21(18,19)13-7-12(8-16)20-14(13)15/h3-7,17H,2,8-9,16H2,1H3. The molecular weight excluding hydrogens is 372 g/mol. The second kappa shape index (κ2) is 7.02. The first-order valence-corrected chi connectivity index (χ1v) is 9.62. The molecule has 0 spiro atoms. The van der Waals surface area contributed by atoms with Gasteiger partial charge in [0.05, 0.1) is 3.79 Å². The molecule has 1 heterocycles. The molecule has 0 aliphatic heterocycles. The number of hydrogen-bond donors (Lipinski definition) is 2. The van der Waals surface area contributed by atoms with E-state index in [0.29, 0.717) is 10.3 Å². The fourth-order valence-electron chi connectivity index (χ4n) is 2.01. The summed E-state index contributed by atoms with van der Waals surface area (Å²) in [7, 11) is -3.55. The van der Waals surface area contributed by atoms with Gasteiger partial charge in [-0.2, -0.15) is 0 Å². The number of nitrogens with two attached hydrogens (primary N) is 1. The monoisotopic (exact) mass is 388 g/mol. The summed E-state index contributed by atoms with van der Waals surface area (Å²) >= 11 is 4.63. The molecule has 7 heteroatoms. The molecule has 114 valence electrons. The Morgan fingerprint density at radius 1 is 1.29 bits per heavy atom. The van der Waals surface area contributed by atoms with Crippen molar-refractivity contribution in [3.8, 4) is 0 Å². The van der Waals surface area contributed by atoms with Gasteiger partial charge in [-0.1, -0.05) is 31.2 Å². The average Bonchev–Trinajstić information content (AvgIpc) is 2.87. The van der Waals surface area contributed by atoms with Crippen LogP contribution >= 0.6 is 27.3 Å². The highest BCUT2D eigenvalue weighted by molar-refractivity contribution is 9.11. The zero-order chi connectivity index (χ0) is 15.5. The SMILES string of the molecule is CCc1ccccc1CNS(=O)(=O)c1cc(CN)sc1Br. The van der Waals surface area contributed by atoms with Crippen LogP contribution in [0, 0.1) is 0 Å². The van der Waals surface area contributed by atoms with E-state index in [4.69, 9.17) is 5.73 Å². The van der Waals surface area contributed by atoms with E-state index in [1.165, 1.54) is 11.3 Å². The van der Waals surface area contributed by atoms with Crippen LogP contribution in [0.5, 0.6) is 0 Å². The van der Waals surface area contributed by atoms with E-state index in [-0.39, 0.29) is 11.4 Å². The molecule has 0 saturated heterocycles. The van der Waals surface area contributed by atoms with Crippen LogP contribution in [0.4, 0.5) is 0 Å². The van der Waals surface area contributed by atoms with Crippen LogP contribution in [0.25, 0.3) is 0 Å². The predicted octanol–water partition coefficient (Wildman–Crippen LogP) is 3.01. The van der Waals surface area contributed by atoms with Gasteiger partial charge in [-0.05, 0) is 39.5 Å². The van der Waals surface area contributed by atoms with Crippen LogP contribution in [0.3, 0.4) is 0 Å². The summed E-state index contributed by atoms with van der Waals surface area (Å²) in [5, 5.41) is 0. The molecule has 0 saturated carbocycles. The molecule has 1 aromatic carbocycles. The predicted molar refractivity (Wildman–Crippen MR) is 89.8 cm³/mol. The van der Waals surface area contributed by atoms with Crippen molar-refractivity contribution in [2.45, 2.75) is 31.3 Å². The average molecular weight is 389 g/mol. The smallest absolute Gasteiger partial charge is 0.242 e. The van der Waals surface area contributed by atoms with Gasteiger partial charge in [0.15, 0.2) is 0 Å². The van der Waals surface area contributed by atoms with Crippen molar-refractivity contribution in [3.63, 3.8) is 0 Å². The number of nitrogens with one attached hydrogen (secondary N) is 1. The fraction of sp³-hybridized carbons (Fsp3) is 0.286. The minimum atomic E-state index is -3.55. The molecule has 0 fully saturated rings. The summed E-state index contributed by atoms with van der Waals surface area (Å²) in [6.45, 7) is 2.67. The van der Waals surface area contributed by atoms with Crippen LogP contribution < -0.4 is 10.5 Å². The van der Waals surface area contributed by atoms with Gasteiger partial charge in [0, 0.05) is 18.0 Å². The Morgan fingerprint density at radius 2 is 1.95 bits per heavy atom.